The molecular weight excluding hydrogens is 589 g/mol. The van der Waals surface area contributed by atoms with Gasteiger partial charge in [0.2, 0.25) is 5.91 Å². The number of nitroso groups, excluding NO2 is 1. The number of hydrogen-bond acceptors (Lipinski definition) is 7. The number of thiocarbonyl (C=S) groups is 1. The van der Waals surface area contributed by atoms with Crippen LogP contribution in [-0.2, 0) is 14.9 Å². The third-order valence-electron chi connectivity index (χ3n) is 6.61. The summed E-state index contributed by atoms with van der Waals surface area (Å²) in [5.74, 6) is -0.242. The van der Waals surface area contributed by atoms with Gasteiger partial charge in [0.05, 0.1) is 16.3 Å². The molecule has 0 aliphatic carbocycles. The molecule has 1 atom stereocenters. The molecule has 0 aliphatic rings. The molecule has 1 amide bonds. The number of carbonyl (C=O) groups excluding carboxylic acids is 1. The van der Waals surface area contributed by atoms with E-state index in [4.69, 9.17) is 25.2 Å². The standard InChI is InChI=1S/C30H36N3O2PS.CH4O3S/c1-24(34)32-28(30(2,3)33-35)29(37)31-22-14-7-15-23-36(25-16-8-4-9-17-25,26-18-10-5-11-19-26)27-20-12-6-13-21-27;1-5(2,3)4/h4-6,8-13,16-21,28H,7,14-15,22-23H2,1-3H3,(H-,31,32,34,37);1H3,(H,2,3,4). The van der Waals surface area contributed by atoms with Crippen LogP contribution in [0.15, 0.2) is 96.2 Å². The summed E-state index contributed by atoms with van der Waals surface area (Å²) in [5.41, 5.74) is -1.03. The van der Waals surface area contributed by atoms with Crippen LogP contribution in [0.1, 0.15) is 40.0 Å². The first-order chi connectivity index (χ1) is 19.8. The lowest BCUT2D eigenvalue weighted by atomic mass is 9.95. The molecule has 0 saturated carbocycles. The van der Waals surface area contributed by atoms with Crippen LogP contribution in [0.4, 0.5) is 0 Å². The molecule has 42 heavy (non-hydrogen) atoms. The maximum absolute atomic E-state index is 11.6. The van der Waals surface area contributed by atoms with Gasteiger partial charge in [-0.25, -0.2) is 8.42 Å². The lowest BCUT2D eigenvalue weighted by Gasteiger charge is -2.29. The average molecular weight is 630 g/mol. The second-order valence-electron chi connectivity index (χ2n) is 10.5. The molecule has 0 heterocycles. The topological polar surface area (TPSA) is 128 Å². The SMILES string of the molecule is CC(=O)NC(C(=S)NCCCCC[P+](c1ccccc1)(c1ccccc1)c1ccccc1)C(C)(C)N=O.CS(=O)(=O)[O-]. The molecule has 11 heteroatoms. The molecule has 1 unspecified atom stereocenters. The van der Waals surface area contributed by atoms with Crippen LogP contribution >= 0.6 is 19.5 Å². The molecule has 0 aliphatic heterocycles. The van der Waals surface area contributed by atoms with Gasteiger partial charge in [-0.05, 0) is 69.5 Å². The van der Waals surface area contributed by atoms with Crippen molar-refractivity contribution in [1.82, 2.24) is 10.6 Å². The number of nitrogens with zero attached hydrogens (tertiary/aromatic N) is 1. The molecule has 2 N–H and O–H groups in total. The van der Waals surface area contributed by atoms with Gasteiger partial charge < -0.3 is 15.2 Å². The predicted octanol–water partition coefficient (Wildman–Crippen LogP) is 4.28. The fourth-order valence-corrected chi connectivity index (χ4v) is 9.52. The molecule has 0 aromatic heterocycles. The quantitative estimate of drug-likeness (QED) is 0.0950. The van der Waals surface area contributed by atoms with E-state index in [1.54, 1.807) is 13.8 Å². The zero-order valence-corrected chi connectivity index (χ0v) is 27.1. The molecule has 0 radical (unpaired) electrons. The van der Waals surface area contributed by atoms with E-state index < -0.39 is 29.0 Å². The largest absolute Gasteiger partial charge is 0.748 e. The maximum atomic E-state index is 11.6. The Balaban J connectivity index is 0.00000113. The predicted molar refractivity (Wildman–Crippen MR) is 178 cm³/mol. The van der Waals surface area contributed by atoms with E-state index in [9.17, 15) is 9.70 Å². The summed E-state index contributed by atoms with van der Waals surface area (Å²) in [6, 6.07) is 32.1. The van der Waals surface area contributed by atoms with Gasteiger partial charge >= 0.3 is 0 Å². The van der Waals surface area contributed by atoms with E-state index >= 15 is 0 Å². The van der Waals surface area contributed by atoms with Crippen LogP contribution in [0.3, 0.4) is 0 Å². The van der Waals surface area contributed by atoms with Crippen LogP contribution in [0, 0.1) is 4.91 Å². The van der Waals surface area contributed by atoms with Gasteiger partial charge in [0, 0.05) is 19.7 Å². The van der Waals surface area contributed by atoms with Gasteiger partial charge in [-0.1, -0.05) is 72.0 Å². The monoisotopic (exact) mass is 629 g/mol. The Kier molecular flexibility index (Phi) is 13.9. The number of rotatable bonds is 13. The summed E-state index contributed by atoms with van der Waals surface area (Å²) in [6.07, 6.45) is 4.71. The minimum absolute atomic E-state index is 0.242. The highest BCUT2D eigenvalue weighted by Crippen LogP contribution is 2.55. The maximum Gasteiger partial charge on any atom is 0.217 e. The van der Waals surface area contributed by atoms with Crippen molar-refractivity contribution < 1.29 is 17.8 Å². The third-order valence-corrected chi connectivity index (χ3v) is 11.5. The van der Waals surface area contributed by atoms with Crippen molar-refractivity contribution in [3.63, 3.8) is 0 Å². The molecule has 3 aromatic carbocycles. The van der Waals surface area contributed by atoms with E-state index in [2.05, 4.69) is 107 Å². The van der Waals surface area contributed by atoms with Gasteiger partial charge in [-0.2, -0.15) is 4.91 Å². The third kappa shape index (κ3) is 11.0. The van der Waals surface area contributed by atoms with Crippen LogP contribution < -0.4 is 26.5 Å². The lowest BCUT2D eigenvalue weighted by molar-refractivity contribution is -0.119. The normalized spacial score (nSPS) is 12.3. The lowest BCUT2D eigenvalue weighted by Crippen LogP contribution is -2.55. The fourth-order valence-electron chi connectivity index (χ4n) is 4.67. The zero-order chi connectivity index (χ0) is 31.2. The van der Waals surface area contributed by atoms with Crippen molar-refractivity contribution in [3.05, 3.63) is 95.9 Å². The Hall–Kier alpha value is -3.04. The van der Waals surface area contributed by atoms with Crippen molar-refractivity contribution in [3.8, 4) is 0 Å². The van der Waals surface area contributed by atoms with Gasteiger partial charge in [-0.3, -0.25) is 4.79 Å². The zero-order valence-electron chi connectivity index (χ0n) is 24.5. The molecule has 0 fully saturated rings. The van der Waals surface area contributed by atoms with Crippen LogP contribution in [0.25, 0.3) is 0 Å². The van der Waals surface area contributed by atoms with Crippen molar-refractivity contribution in [2.45, 2.75) is 51.6 Å². The molecule has 3 rings (SSSR count). The first-order valence-corrected chi connectivity index (χ1v) is 17.9. The van der Waals surface area contributed by atoms with Crippen molar-refractivity contribution in [2.75, 3.05) is 19.0 Å². The molecule has 0 spiro atoms. The van der Waals surface area contributed by atoms with Crippen molar-refractivity contribution in [2.24, 2.45) is 5.18 Å². The van der Waals surface area contributed by atoms with Gasteiger partial charge in [0.25, 0.3) is 0 Å². The van der Waals surface area contributed by atoms with E-state index in [0.717, 1.165) is 25.4 Å². The van der Waals surface area contributed by atoms with Gasteiger partial charge in [0.1, 0.15) is 39.7 Å². The number of unbranched alkanes of at least 4 members (excludes halogenated alkanes) is 2. The Labute approximate surface area is 255 Å². The molecular formula is C31H40N3O5PS2. The summed E-state index contributed by atoms with van der Waals surface area (Å²) in [5, 5.41) is 13.4. The summed E-state index contributed by atoms with van der Waals surface area (Å²) >= 11 is 5.52. The van der Waals surface area contributed by atoms with Crippen LogP contribution in [0.2, 0.25) is 0 Å². The Morgan fingerprint density at radius 2 is 1.29 bits per heavy atom. The Bertz CT molecular complexity index is 1290. The molecule has 0 saturated heterocycles. The summed E-state index contributed by atoms with van der Waals surface area (Å²) in [4.78, 5) is 23.4. The number of amides is 1. The second kappa shape index (κ2) is 16.6. The van der Waals surface area contributed by atoms with Crippen LogP contribution in [0.5, 0.6) is 0 Å². The first kappa shape index (κ1) is 35.2. The van der Waals surface area contributed by atoms with Crippen LogP contribution in [-0.4, -0.2) is 54.4 Å². The minimum Gasteiger partial charge on any atom is -0.748 e. The van der Waals surface area contributed by atoms with E-state index in [1.807, 2.05) is 0 Å². The van der Waals surface area contributed by atoms with E-state index in [1.165, 1.54) is 22.8 Å². The van der Waals surface area contributed by atoms with Crippen molar-refractivity contribution >= 4 is 56.4 Å². The summed E-state index contributed by atoms with van der Waals surface area (Å²) < 4.78 is 27.2. The highest BCUT2D eigenvalue weighted by Gasteiger charge is 2.44. The summed E-state index contributed by atoms with van der Waals surface area (Å²) in [6.45, 7) is 5.44. The number of carbonyl (C=O) groups is 1. The number of benzene rings is 3. The van der Waals surface area contributed by atoms with Crippen molar-refractivity contribution in [1.29, 1.82) is 0 Å². The average Bonchev–Trinajstić information content (AvgIpc) is 2.96. The van der Waals surface area contributed by atoms with E-state index in [0.29, 0.717) is 17.8 Å². The highest BCUT2D eigenvalue weighted by atomic mass is 32.2. The molecule has 0 bridgehead atoms. The number of hydrogen-bond donors (Lipinski definition) is 2. The van der Waals surface area contributed by atoms with Gasteiger partial charge in [-0.15, -0.1) is 0 Å². The second-order valence-corrected chi connectivity index (χ2v) is 15.9. The Morgan fingerprint density at radius 1 is 0.881 bits per heavy atom. The smallest absolute Gasteiger partial charge is 0.217 e. The Morgan fingerprint density at radius 3 is 1.64 bits per heavy atom. The van der Waals surface area contributed by atoms with Gasteiger partial charge in [0.15, 0.2) is 0 Å². The summed E-state index contributed by atoms with van der Waals surface area (Å²) in [7, 11) is -5.74. The first-order valence-electron chi connectivity index (χ1n) is 13.7. The minimum atomic E-state index is -3.92. The number of nitrogens with one attached hydrogen (secondary N) is 2. The highest BCUT2D eigenvalue weighted by molar-refractivity contribution is 7.95. The molecule has 8 nitrogen and oxygen atoms in total. The molecule has 3 aromatic rings. The van der Waals surface area contributed by atoms with E-state index in [-0.39, 0.29) is 5.91 Å². The molecule has 226 valence electrons. The fraction of sp³-hybridized carbons (Fsp3) is 0.355.